The monoisotopic (exact) mass is 149 g/mol. The molecule has 0 heterocycles. The molecular weight excluding hydrogens is 139 g/mol. The highest BCUT2D eigenvalue weighted by Gasteiger charge is 1.85. The maximum absolute atomic E-state index is 11.7. The molecule has 0 aliphatic carbocycles. The van der Waals surface area contributed by atoms with Crippen LogP contribution in [0.1, 0.15) is 25.7 Å². The van der Waals surface area contributed by atoms with E-state index in [0.717, 1.165) is 25.7 Å². The lowest BCUT2D eigenvalue weighted by molar-refractivity contribution is 0.677. The lowest BCUT2D eigenvalue weighted by Crippen LogP contribution is -1.70. The molecule has 0 aliphatic heterocycles. The summed E-state index contributed by atoms with van der Waals surface area (Å²) < 4.78 is 11.7. The van der Waals surface area contributed by atoms with E-state index in [9.17, 15) is 4.39 Å². The first kappa shape index (κ1) is 8.96. The molecule has 0 bridgehead atoms. The Bertz CT molecular complexity index is 84.9. The molecule has 0 N–H and O–H groups in total. The van der Waals surface area contributed by atoms with Gasteiger partial charge in [-0.25, -0.2) is 0 Å². The van der Waals surface area contributed by atoms with Gasteiger partial charge in [0.25, 0.3) is 0 Å². The van der Waals surface area contributed by atoms with Gasteiger partial charge in [-0.1, -0.05) is 31.4 Å². The summed E-state index contributed by atoms with van der Waals surface area (Å²) in [5.74, 6) is 0. The van der Waals surface area contributed by atoms with Gasteiger partial charge < -0.3 is 0 Å². The Morgan fingerprint density at radius 1 is 1.56 bits per heavy atom. The fourth-order valence-corrected chi connectivity index (χ4v) is 0.641. The van der Waals surface area contributed by atoms with Crippen molar-refractivity contribution in [3.8, 4) is 0 Å². The third-order valence-electron chi connectivity index (χ3n) is 1.00. The Morgan fingerprint density at radius 3 is 2.67 bits per heavy atom. The number of hydrogen-bond acceptors (Lipinski definition) is 0. The van der Waals surface area contributed by atoms with Crippen molar-refractivity contribution in [3.63, 3.8) is 0 Å². The van der Waals surface area contributed by atoms with Crippen LogP contribution in [0.2, 0.25) is 0 Å². The first-order valence-corrected chi connectivity index (χ1v) is 3.45. The molecule has 0 fully saturated rings. The second-order valence-corrected chi connectivity index (χ2v) is 2.20. The van der Waals surface area contributed by atoms with E-state index in [4.69, 9.17) is 11.6 Å². The highest BCUT2D eigenvalue weighted by Crippen LogP contribution is 2.06. The maximum atomic E-state index is 11.7. The van der Waals surface area contributed by atoms with Crippen molar-refractivity contribution >= 4 is 11.6 Å². The van der Waals surface area contributed by atoms with Crippen LogP contribution in [-0.4, -0.2) is 0 Å². The lowest BCUT2D eigenvalue weighted by Gasteiger charge is -1.89. The van der Waals surface area contributed by atoms with Gasteiger partial charge in [-0.2, -0.15) is 4.39 Å². The van der Waals surface area contributed by atoms with Crippen molar-refractivity contribution in [1.29, 1.82) is 0 Å². The molecule has 0 amide bonds. The van der Waals surface area contributed by atoms with Crippen LogP contribution in [-0.2, 0) is 0 Å². The molecule has 0 unspecified atom stereocenters. The molecule has 0 spiro atoms. The number of unbranched alkanes of at least 4 members (excludes halogenated alkanes) is 3. The van der Waals surface area contributed by atoms with E-state index >= 15 is 0 Å². The Balaban J connectivity index is 3.00. The summed E-state index contributed by atoms with van der Waals surface area (Å²) in [4.78, 5) is 0. The number of hydrogen-bond donors (Lipinski definition) is 0. The average molecular weight is 150 g/mol. The molecule has 0 saturated carbocycles. The van der Waals surface area contributed by atoms with Gasteiger partial charge in [0.1, 0.15) is 0 Å². The van der Waals surface area contributed by atoms with Crippen LogP contribution in [0.3, 0.4) is 0 Å². The standard InChI is InChI=1S/C7H11ClF/c1-2-3-4-5-6-7(8)9/h6H,1-5H2/b7-6-. The summed E-state index contributed by atoms with van der Waals surface area (Å²) >= 11 is 4.94. The zero-order valence-electron chi connectivity index (χ0n) is 5.37. The van der Waals surface area contributed by atoms with Gasteiger partial charge in [0, 0.05) is 0 Å². The van der Waals surface area contributed by atoms with Crippen LogP contribution in [0.4, 0.5) is 4.39 Å². The van der Waals surface area contributed by atoms with Crippen molar-refractivity contribution in [2.24, 2.45) is 0 Å². The third kappa shape index (κ3) is 7.96. The van der Waals surface area contributed by atoms with E-state index in [0.29, 0.717) is 0 Å². The third-order valence-corrected chi connectivity index (χ3v) is 1.16. The molecule has 0 aliphatic rings. The minimum absolute atomic E-state index is 0.598. The van der Waals surface area contributed by atoms with Gasteiger partial charge in [-0.05, 0) is 18.9 Å². The average Bonchev–Trinajstić information content (AvgIpc) is 1.80. The van der Waals surface area contributed by atoms with Gasteiger partial charge in [-0.15, -0.1) is 0 Å². The fourth-order valence-electron chi connectivity index (χ4n) is 0.532. The molecule has 0 aromatic rings. The molecule has 2 heteroatoms. The molecule has 0 rings (SSSR count). The van der Waals surface area contributed by atoms with Crippen molar-refractivity contribution in [2.45, 2.75) is 25.7 Å². The number of rotatable bonds is 4. The van der Waals surface area contributed by atoms with Crippen LogP contribution in [0.25, 0.3) is 0 Å². The molecule has 0 atom stereocenters. The SMILES string of the molecule is [CH2]CCCC/C=C(\F)Cl. The van der Waals surface area contributed by atoms with Gasteiger partial charge in [0.05, 0.1) is 0 Å². The highest BCUT2D eigenvalue weighted by molar-refractivity contribution is 6.28. The first-order chi connectivity index (χ1) is 4.27. The van der Waals surface area contributed by atoms with Gasteiger partial charge in [0.2, 0.25) is 0 Å². The van der Waals surface area contributed by atoms with Crippen LogP contribution >= 0.6 is 11.6 Å². The van der Waals surface area contributed by atoms with Gasteiger partial charge in [-0.3, -0.25) is 0 Å². The van der Waals surface area contributed by atoms with Gasteiger partial charge >= 0.3 is 0 Å². The summed E-state index contributed by atoms with van der Waals surface area (Å²) in [5, 5.41) is -0.598. The second kappa shape index (κ2) is 6.09. The maximum Gasteiger partial charge on any atom is 0.185 e. The van der Waals surface area contributed by atoms with Crippen molar-refractivity contribution < 1.29 is 4.39 Å². The summed E-state index contributed by atoms with van der Waals surface area (Å²) in [5.41, 5.74) is 0. The molecule has 0 saturated heterocycles. The lowest BCUT2D eigenvalue weighted by atomic mass is 10.2. The molecular formula is C7H11ClF. The minimum Gasteiger partial charge on any atom is -0.194 e. The predicted octanol–water partition coefficient (Wildman–Crippen LogP) is 3.43. The van der Waals surface area contributed by atoms with Crippen LogP contribution < -0.4 is 0 Å². The summed E-state index contributed by atoms with van der Waals surface area (Å²) in [6, 6.07) is 0. The molecule has 0 aromatic heterocycles. The Hall–Kier alpha value is -0.0400. The molecule has 0 aromatic carbocycles. The summed E-state index contributed by atoms with van der Waals surface area (Å²) in [7, 11) is 0. The van der Waals surface area contributed by atoms with Gasteiger partial charge in [0.15, 0.2) is 5.29 Å². The number of halogens is 2. The normalized spacial score (nSPS) is 12.1. The summed E-state index contributed by atoms with van der Waals surface area (Å²) in [6.45, 7) is 3.65. The molecule has 0 nitrogen and oxygen atoms in total. The Morgan fingerprint density at radius 2 is 2.22 bits per heavy atom. The zero-order valence-corrected chi connectivity index (χ0v) is 6.12. The Labute approximate surface area is 60.7 Å². The highest BCUT2D eigenvalue weighted by atomic mass is 35.5. The van der Waals surface area contributed by atoms with E-state index in [1.807, 2.05) is 0 Å². The predicted molar refractivity (Wildman–Crippen MR) is 38.9 cm³/mol. The van der Waals surface area contributed by atoms with E-state index in [-0.39, 0.29) is 0 Å². The quantitative estimate of drug-likeness (QED) is 0.538. The first-order valence-electron chi connectivity index (χ1n) is 3.07. The number of allylic oxidation sites excluding steroid dienone is 1. The fraction of sp³-hybridized carbons (Fsp3) is 0.571. The zero-order chi connectivity index (χ0) is 7.11. The molecule has 53 valence electrons. The van der Waals surface area contributed by atoms with E-state index < -0.39 is 5.29 Å². The van der Waals surface area contributed by atoms with Crippen LogP contribution in [0, 0.1) is 6.92 Å². The smallest absolute Gasteiger partial charge is 0.185 e. The Kier molecular flexibility index (Phi) is 6.06. The van der Waals surface area contributed by atoms with Crippen LogP contribution in [0.5, 0.6) is 0 Å². The minimum atomic E-state index is -0.598. The van der Waals surface area contributed by atoms with Crippen LogP contribution in [0.15, 0.2) is 11.4 Å². The molecule has 1 radical (unpaired) electrons. The van der Waals surface area contributed by atoms with E-state index in [2.05, 4.69) is 6.92 Å². The second-order valence-electron chi connectivity index (χ2n) is 1.84. The van der Waals surface area contributed by atoms with Crippen molar-refractivity contribution in [3.05, 3.63) is 18.3 Å². The molecule has 9 heavy (non-hydrogen) atoms. The topological polar surface area (TPSA) is 0 Å². The largest absolute Gasteiger partial charge is 0.194 e. The van der Waals surface area contributed by atoms with E-state index in [1.165, 1.54) is 6.08 Å². The van der Waals surface area contributed by atoms with E-state index in [1.54, 1.807) is 0 Å². The van der Waals surface area contributed by atoms with Crippen molar-refractivity contribution in [1.82, 2.24) is 0 Å². The van der Waals surface area contributed by atoms with Crippen molar-refractivity contribution in [2.75, 3.05) is 0 Å². The summed E-state index contributed by atoms with van der Waals surface area (Å²) in [6.07, 6.45) is 5.05.